The topological polar surface area (TPSA) is 50.4 Å². The Morgan fingerprint density at radius 3 is 2.68 bits per heavy atom. The molecule has 1 rings (SSSR count). The van der Waals surface area contributed by atoms with Crippen LogP contribution >= 0.6 is 24.0 Å². The standard InChI is InChI=1S/C13H19ClN2O2.ClH/c1-9(2)18-13-10(14)5-4-6-11(13)16-12(17)7-8-15-3;/h4-6,9,15H,7-8H2,1-3H3,(H,16,17);1H. The number of carbonyl (C=O) groups is 1. The number of anilines is 1. The van der Waals surface area contributed by atoms with E-state index in [1.807, 2.05) is 13.8 Å². The highest BCUT2D eigenvalue weighted by Gasteiger charge is 2.12. The molecule has 0 heterocycles. The number of hydrogen-bond acceptors (Lipinski definition) is 3. The molecule has 0 saturated carbocycles. The molecule has 1 aromatic carbocycles. The highest BCUT2D eigenvalue weighted by Crippen LogP contribution is 2.33. The molecule has 0 radical (unpaired) electrons. The molecule has 108 valence electrons. The van der Waals surface area contributed by atoms with Crippen molar-refractivity contribution in [3.05, 3.63) is 23.2 Å². The molecule has 6 heteroatoms. The number of rotatable bonds is 6. The Hall–Kier alpha value is -0.970. The van der Waals surface area contributed by atoms with Crippen LogP contribution in [0.15, 0.2) is 18.2 Å². The predicted molar refractivity (Wildman–Crippen MR) is 81.6 cm³/mol. The van der Waals surface area contributed by atoms with Gasteiger partial charge in [-0.05, 0) is 33.0 Å². The maximum atomic E-state index is 11.7. The molecule has 1 amide bonds. The van der Waals surface area contributed by atoms with Gasteiger partial charge in [-0.25, -0.2) is 0 Å². The van der Waals surface area contributed by atoms with Crippen LogP contribution in [-0.2, 0) is 4.79 Å². The van der Waals surface area contributed by atoms with E-state index in [1.54, 1.807) is 25.2 Å². The fourth-order valence-corrected chi connectivity index (χ4v) is 1.63. The maximum Gasteiger partial charge on any atom is 0.225 e. The van der Waals surface area contributed by atoms with Crippen LogP contribution in [0.4, 0.5) is 5.69 Å². The summed E-state index contributed by atoms with van der Waals surface area (Å²) < 4.78 is 5.62. The molecule has 1 aromatic rings. The van der Waals surface area contributed by atoms with Gasteiger partial charge in [0.25, 0.3) is 0 Å². The molecule has 0 aliphatic heterocycles. The van der Waals surface area contributed by atoms with Gasteiger partial charge in [0, 0.05) is 13.0 Å². The third kappa shape index (κ3) is 6.14. The number of nitrogens with one attached hydrogen (secondary N) is 2. The normalized spacial score (nSPS) is 9.95. The molecule has 0 aliphatic carbocycles. The molecule has 2 N–H and O–H groups in total. The molecule has 0 saturated heterocycles. The fourth-order valence-electron chi connectivity index (χ4n) is 1.41. The molecule has 0 spiro atoms. The average Bonchev–Trinajstić information content (AvgIpc) is 2.30. The molecular formula is C13H20Cl2N2O2. The SMILES string of the molecule is CNCCC(=O)Nc1cccc(Cl)c1OC(C)C.Cl. The lowest BCUT2D eigenvalue weighted by atomic mass is 10.2. The van der Waals surface area contributed by atoms with Crippen molar-refractivity contribution in [2.24, 2.45) is 0 Å². The first-order valence-electron chi connectivity index (χ1n) is 5.94. The van der Waals surface area contributed by atoms with Crippen LogP contribution < -0.4 is 15.4 Å². The van der Waals surface area contributed by atoms with Gasteiger partial charge in [-0.15, -0.1) is 12.4 Å². The zero-order chi connectivity index (χ0) is 13.5. The smallest absolute Gasteiger partial charge is 0.225 e. The lowest BCUT2D eigenvalue weighted by Gasteiger charge is -2.16. The van der Waals surface area contributed by atoms with Crippen molar-refractivity contribution in [3.63, 3.8) is 0 Å². The zero-order valence-electron chi connectivity index (χ0n) is 11.3. The Bertz CT molecular complexity index is 412. The van der Waals surface area contributed by atoms with E-state index in [1.165, 1.54) is 0 Å². The summed E-state index contributed by atoms with van der Waals surface area (Å²) in [5.41, 5.74) is 0.609. The van der Waals surface area contributed by atoms with Crippen LogP contribution in [0.25, 0.3) is 0 Å². The maximum absolute atomic E-state index is 11.7. The number of ether oxygens (including phenoxy) is 1. The summed E-state index contributed by atoms with van der Waals surface area (Å²) in [5.74, 6) is 0.451. The van der Waals surface area contributed by atoms with Crippen LogP contribution in [0.1, 0.15) is 20.3 Å². The van der Waals surface area contributed by atoms with E-state index < -0.39 is 0 Å². The van der Waals surface area contributed by atoms with Crippen molar-refractivity contribution in [1.82, 2.24) is 5.32 Å². The van der Waals surface area contributed by atoms with Crippen molar-refractivity contribution in [2.75, 3.05) is 18.9 Å². The second-order valence-corrected chi connectivity index (χ2v) is 4.59. The van der Waals surface area contributed by atoms with E-state index in [4.69, 9.17) is 16.3 Å². The third-order valence-electron chi connectivity index (χ3n) is 2.20. The third-order valence-corrected chi connectivity index (χ3v) is 2.49. The molecule has 19 heavy (non-hydrogen) atoms. The number of hydrogen-bond donors (Lipinski definition) is 2. The van der Waals surface area contributed by atoms with Gasteiger partial charge in [0.2, 0.25) is 5.91 Å². The highest BCUT2D eigenvalue weighted by molar-refractivity contribution is 6.32. The van der Waals surface area contributed by atoms with E-state index in [9.17, 15) is 4.79 Å². The summed E-state index contributed by atoms with van der Waals surface area (Å²) in [4.78, 5) is 11.7. The number of benzene rings is 1. The van der Waals surface area contributed by atoms with Gasteiger partial charge in [-0.1, -0.05) is 17.7 Å². The summed E-state index contributed by atoms with van der Waals surface area (Å²) in [7, 11) is 1.81. The van der Waals surface area contributed by atoms with E-state index in [-0.39, 0.29) is 24.4 Å². The van der Waals surface area contributed by atoms with Gasteiger partial charge in [0.1, 0.15) is 0 Å². The summed E-state index contributed by atoms with van der Waals surface area (Å²) in [6.07, 6.45) is 0.405. The van der Waals surface area contributed by atoms with E-state index >= 15 is 0 Å². The van der Waals surface area contributed by atoms with Gasteiger partial charge < -0.3 is 15.4 Å². The second kappa shape index (κ2) is 9.02. The van der Waals surface area contributed by atoms with Crippen molar-refractivity contribution >= 4 is 35.6 Å². The average molecular weight is 307 g/mol. The summed E-state index contributed by atoms with van der Waals surface area (Å²) >= 11 is 6.07. The lowest BCUT2D eigenvalue weighted by molar-refractivity contribution is -0.116. The van der Waals surface area contributed by atoms with Crippen LogP contribution in [0.3, 0.4) is 0 Å². The summed E-state index contributed by atoms with van der Waals surface area (Å²) in [6.45, 7) is 4.46. The molecule has 0 aromatic heterocycles. The van der Waals surface area contributed by atoms with E-state index in [2.05, 4.69) is 10.6 Å². The van der Waals surface area contributed by atoms with Crippen LogP contribution in [0.2, 0.25) is 5.02 Å². The molecular weight excluding hydrogens is 287 g/mol. The summed E-state index contributed by atoms with van der Waals surface area (Å²) in [5, 5.41) is 6.22. The Balaban J connectivity index is 0.00000324. The minimum Gasteiger partial charge on any atom is -0.487 e. The minimum atomic E-state index is -0.0692. The molecule has 0 fully saturated rings. The number of para-hydroxylation sites is 1. The first-order valence-corrected chi connectivity index (χ1v) is 6.32. The zero-order valence-corrected chi connectivity index (χ0v) is 12.9. The van der Waals surface area contributed by atoms with Crippen LogP contribution in [0.5, 0.6) is 5.75 Å². The van der Waals surface area contributed by atoms with Gasteiger partial charge >= 0.3 is 0 Å². The lowest BCUT2D eigenvalue weighted by Crippen LogP contribution is -2.19. The van der Waals surface area contributed by atoms with Crippen LogP contribution in [-0.4, -0.2) is 25.6 Å². The largest absolute Gasteiger partial charge is 0.487 e. The number of amides is 1. The van der Waals surface area contributed by atoms with Gasteiger partial charge in [0.15, 0.2) is 5.75 Å². The Morgan fingerprint density at radius 2 is 2.11 bits per heavy atom. The highest BCUT2D eigenvalue weighted by atomic mass is 35.5. The first kappa shape index (κ1) is 18.0. The Labute approximate surface area is 125 Å². The monoisotopic (exact) mass is 306 g/mol. The number of halogens is 2. The van der Waals surface area contributed by atoms with Crippen LogP contribution in [0, 0.1) is 0 Å². The van der Waals surface area contributed by atoms with E-state index in [0.717, 1.165) is 0 Å². The number of carbonyl (C=O) groups excluding carboxylic acids is 1. The van der Waals surface area contributed by atoms with Gasteiger partial charge in [0.05, 0.1) is 16.8 Å². The first-order chi connectivity index (χ1) is 8.54. The van der Waals surface area contributed by atoms with Crippen molar-refractivity contribution < 1.29 is 9.53 Å². The Kier molecular flexibility index (Phi) is 8.56. The van der Waals surface area contributed by atoms with Gasteiger partial charge in [-0.2, -0.15) is 0 Å². The summed E-state index contributed by atoms with van der Waals surface area (Å²) in [6, 6.07) is 5.30. The minimum absolute atomic E-state index is 0. The molecule has 0 unspecified atom stereocenters. The molecule has 0 bridgehead atoms. The predicted octanol–water partition coefficient (Wildman–Crippen LogP) is 3.10. The van der Waals surface area contributed by atoms with E-state index in [0.29, 0.717) is 29.4 Å². The molecule has 0 aliphatic rings. The Morgan fingerprint density at radius 1 is 1.42 bits per heavy atom. The van der Waals surface area contributed by atoms with Crippen molar-refractivity contribution in [1.29, 1.82) is 0 Å². The quantitative estimate of drug-likeness (QED) is 0.849. The van der Waals surface area contributed by atoms with Crippen molar-refractivity contribution in [3.8, 4) is 5.75 Å². The van der Waals surface area contributed by atoms with Crippen molar-refractivity contribution in [2.45, 2.75) is 26.4 Å². The molecule has 0 atom stereocenters. The van der Waals surface area contributed by atoms with Gasteiger partial charge in [-0.3, -0.25) is 4.79 Å². The fraction of sp³-hybridized carbons (Fsp3) is 0.462. The second-order valence-electron chi connectivity index (χ2n) is 4.18. The molecule has 4 nitrogen and oxygen atoms in total.